The minimum Gasteiger partial charge on any atom is -0.342 e. The Bertz CT molecular complexity index is 525. The smallest absolute Gasteiger partial charge is 0.228 e. The molecule has 0 aromatic heterocycles. The summed E-state index contributed by atoms with van der Waals surface area (Å²) in [6.07, 6.45) is 8.93. The molecule has 1 aromatic carbocycles. The van der Waals surface area contributed by atoms with Gasteiger partial charge in [-0.2, -0.15) is 0 Å². The van der Waals surface area contributed by atoms with E-state index < -0.39 is 0 Å². The molecule has 1 aromatic rings. The Morgan fingerprint density at radius 1 is 1.13 bits per heavy atom. The molecule has 1 saturated heterocycles. The van der Waals surface area contributed by atoms with Crippen molar-refractivity contribution in [1.82, 2.24) is 4.90 Å². The van der Waals surface area contributed by atoms with Gasteiger partial charge >= 0.3 is 0 Å². The zero-order chi connectivity index (χ0) is 16.3. The third kappa shape index (κ3) is 3.94. The highest BCUT2D eigenvalue weighted by Gasteiger charge is 2.38. The summed E-state index contributed by atoms with van der Waals surface area (Å²) < 4.78 is 13.0. The fraction of sp³-hybridized carbons (Fsp3) is 0.650. The van der Waals surface area contributed by atoms with Crippen LogP contribution in [0.15, 0.2) is 24.3 Å². The molecule has 1 aliphatic heterocycles. The number of carbonyl (C=O) groups excluding carboxylic acids is 1. The Balaban J connectivity index is 1.51. The first kappa shape index (κ1) is 16.5. The summed E-state index contributed by atoms with van der Waals surface area (Å²) in [6, 6.07) is 6.85. The van der Waals surface area contributed by atoms with Gasteiger partial charge in [0.1, 0.15) is 5.82 Å². The number of hydrogen-bond donors (Lipinski definition) is 0. The van der Waals surface area contributed by atoms with Crippen molar-refractivity contribution in [3.8, 4) is 0 Å². The Kier molecular flexibility index (Phi) is 5.03. The summed E-state index contributed by atoms with van der Waals surface area (Å²) in [4.78, 5) is 15.0. The van der Waals surface area contributed by atoms with Crippen LogP contribution >= 0.6 is 0 Å². The maximum atomic E-state index is 13.0. The van der Waals surface area contributed by atoms with Gasteiger partial charge in [-0.15, -0.1) is 0 Å². The molecule has 2 nitrogen and oxygen atoms in total. The highest BCUT2D eigenvalue weighted by Crippen LogP contribution is 2.38. The average Bonchev–Trinajstić information content (AvgIpc) is 2.58. The van der Waals surface area contributed by atoms with Gasteiger partial charge in [-0.25, -0.2) is 4.39 Å². The van der Waals surface area contributed by atoms with E-state index in [2.05, 4.69) is 11.8 Å². The number of piperidine rings is 1. The average molecular weight is 317 g/mol. The number of carbonyl (C=O) groups is 1. The van der Waals surface area contributed by atoms with E-state index in [-0.39, 0.29) is 11.2 Å². The Hall–Kier alpha value is -1.38. The first-order valence-corrected chi connectivity index (χ1v) is 9.11. The predicted octanol–water partition coefficient (Wildman–Crippen LogP) is 4.58. The highest BCUT2D eigenvalue weighted by atomic mass is 19.1. The van der Waals surface area contributed by atoms with Crippen molar-refractivity contribution >= 4 is 5.91 Å². The van der Waals surface area contributed by atoms with Crippen LogP contribution in [0.25, 0.3) is 0 Å². The molecule has 2 aliphatic rings. The number of rotatable bonds is 3. The highest BCUT2D eigenvalue weighted by molar-refractivity contribution is 5.82. The minimum absolute atomic E-state index is 0.109. The molecule has 1 saturated carbocycles. The lowest BCUT2D eigenvalue weighted by atomic mass is 9.74. The lowest BCUT2D eigenvalue weighted by Crippen LogP contribution is -2.47. The van der Waals surface area contributed by atoms with Gasteiger partial charge in [0.25, 0.3) is 0 Å². The number of amides is 1. The third-order valence-corrected chi connectivity index (χ3v) is 5.81. The molecule has 0 unspecified atom stereocenters. The number of likely N-dealkylation sites (tertiary alicyclic amines) is 1. The molecule has 126 valence electrons. The minimum atomic E-state index is -0.171. The maximum Gasteiger partial charge on any atom is 0.228 e. The second-order valence-corrected chi connectivity index (χ2v) is 7.69. The normalized spacial score (nSPS) is 22.1. The van der Waals surface area contributed by atoms with Crippen LogP contribution < -0.4 is 0 Å². The fourth-order valence-corrected chi connectivity index (χ4v) is 4.22. The lowest BCUT2D eigenvalue weighted by molar-refractivity contribution is -0.144. The van der Waals surface area contributed by atoms with Crippen LogP contribution in [0.3, 0.4) is 0 Å². The monoisotopic (exact) mass is 317 g/mol. The molecule has 0 radical (unpaired) electrons. The predicted molar refractivity (Wildman–Crippen MR) is 90.6 cm³/mol. The topological polar surface area (TPSA) is 20.3 Å². The summed E-state index contributed by atoms with van der Waals surface area (Å²) in [5.74, 6) is 0.830. The number of benzene rings is 1. The molecule has 0 atom stereocenters. The van der Waals surface area contributed by atoms with Gasteiger partial charge in [0.05, 0.1) is 0 Å². The molecule has 3 heteroatoms. The van der Waals surface area contributed by atoms with Crippen molar-refractivity contribution in [2.75, 3.05) is 13.1 Å². The van der Waals surface area contributed by atoms with Gasteiger partial charge in [0.2, 0.25) is 5.91 Å². The van der Waals surface area contributed by atoms with Crippen molar-refractivity contribution < 1.29 is 9.18 Å². The summed E-state index contributed by atoms with van der Waals surface area (Å²) in [5.41, 5.74) is 1.10. The van der Waals surface area contributed by atoms with Gasteiger partial charge in [-0.1, -0.05) is 38.3 Å². The molecular formula is C20H28FNO. The second-order valence-electron chi connectivity index (χ2n) is 7.69. The van der Waals surface area contributed by atoms with E-state index in [9.17, 15) is 9.18 Å². The first-order chi connectivity index (χ1) is 11.1. The standard InChI is InChI=1S/C20H28FNO/c1-20(11-3-2-4-12-20)19(23)22-13-9-17(10-14-22)15-16-5-7-18(21)8-6-16/h5-8,17H,2-4,9-15H2,1H3. The van der Waals surface area contributed by atoms with Crippen LogP contribution in [0, 0.1) is 17.2 Å². The van der Waals surface area contributed by atoms with Crippen molar-refractivity contribution in [3.05, 3.63) is 35.6 Å². The van der Waals surface area contributed by atoms with Crippen molar-refractivity contribution in [2.45, 2.75) is 58.3 Å². The largest absolute Gasteiger partial charge is 0.342 e. The van der Waals surface area contributed by atoms with Gasteiger partial charge in [0, 0.05) is 18.5 Å². The SMILES string of the molecule is CC1(C(=O)N2CCC(Cc3ccc(F)cc3)CC2)CCCCC1. The summed E-state index contributed by atoms with van der Waals surface area (Å²) in [5, 5.41) is 0. The Morgan fingerprint density at radius 3 is 2.35 bits per heavy atom. The summed E-state index contributed by atoms with van der Waals surface area (Å²) >= 11 is 0. The zero-order valence-corrected chi connectivity index (χ0v) is 14.2. The summed E-state index contributed by atoms with van der Waals surface area (Å²) in [6.45, 7) is 3.94. The third-order valence-electron chi connectivity index (χ3n) is 5.81. The van der Waals surface area contributed by atoms with E-state index in [0.29, 0.717) is 11.8 Å². The van der Waals surface area contributed by atoms with E-state index in [1.807, 2.05) is 12.1 Å². The molecule has 0 bridgehead atoms. The lowest BCUT2D eigenvalue weighted by Gasteiger charge is -2.40. The van der Waals surface area contributed by atoms with Crippen molar-refractivity contribution in [1.29, 1.82) is 0 Å². The van der Waals surface area contributed by atoms with Gasteiger partial charge in [0.15, 0.2) is 0 Å². The number of hydrogen-bond acceptors (Lipinski definition) is 1. The van der Waals surface area contributed by atoms with E-state index in [1.54, 1.807) is 0 Å². The van der Waals surface area contributed by atoms with Crippen molar-refractivity contribution in [2.24, 2.45) is 11.3 Å². The molecule has 1 aliphatic carbocycles. The second kappa shape index (κ2) is 7.02. The van der Waals surface area contributed by atoms with E-state index in [1.165, 1.54) is 37.0 Å². The van der Waals surface area contributed by atoms with Crippen LogP contribution in [0.2, 0.25) is 0 Å². The molecule has 23 heavy (non-hydrogen) atoms. The van der Waals surface area contributed by atoms with Crippen molar-refractivity contribution in [3.63, 3.8) is 0 Å². The van der Waals surface area contributed by atoms with Crippen LogP contribution in [0.1, 0.15) is 57.4 Å². The molecular weight excluding hydrogens is 289 g/mol. The first-order valence-electron chi connectivity index (χ1n) is 9.11. The van der Waals surface area contributed by atoms with Crippen LogP contribution in [0.4, 0.5) is 4.39 Å². The quantitative estimate of drug-likeness (QED) is 0.799. The van der Waals surface area contributed by atoms with E-state index in [4.69, 9.17) is 0 Å². The molecule has 0 spiro atoms. The molecule has 1 amide bonds. The van der Waals surface area contributed by atoms with Crippen LogP contribution in [-0.2, 0) is 11.2 Å². The number of nitrogens with zero attached hydrogens (tertiary/aromatic N) is 1. The molecule has 2 fully saturated rings. The zero-order valence-electron chi connectivity index (χ0n) is 14.2. The fourth-order valence-electron chi connectivity index (χ4n) is 4.22. The van der Waals surface area contributed by atoms with Gasteiger partial charge in [-0.05, 0) is 55.7 Å². The van der Waals surface area contributed by atoms with Gasteiger partial charge in [-0.3, -0.25) is 4.79 Å². The Labute approximate surface area is 139 Å². The van der Waals surface area contributed by atoms with Crippen LogP contribution in [0.5, 0.6) is 0 Å². The van der Waals surface area contributed by atoms with Crippen LogP contribution in [-0.4, -0.2) is 23.9 Å². The molecule has 0 N–H and O–H groups in total. The number of halogens is 1. The summed E-state index contributed by atoms with van der Waals surface area (Å²) in [7, 11) is 0. The molecule has 3 rings (SSSR count). The molecule has 1 heterocycles. The maximum absolute atomic E-state index is 13.0. The van der Waals surface area contributed by atoms with Gasteiger partial charge < -0.3 is 4.90 Å². The Morgan fingerprint density at radius 2 is 1.74 bits per heavy atom. The van der Waals surface area contributed by atoms with E-state index >= 15 is 0 Å². The van der Waals surface area contributed by atoms with E-state index in [0.717, 1.165) is 45.2 Å².